The van der Waals surface area contributed by atoms with E-state index in [9.17, 15) is 0 Å². The van der Waals surface area contributed by atoms with Gasteiger partial charge in [-0.05, 0) is 19.8 Å². The second-order valence-electron chi connectivity index (χ2n) is 5.27. The van der Waals surface area contributed by atoms with Crippen LogP contribution in [0.25, 0.3) is 0 Å². The summed E-state index contributed by atoms with van der Waals surface area (Å²) in [6, 6.07) is 2.03. The van der Waals surface area contributed by atoms with Crippen LogP contribution < -0.4 is 10.6 Å². The van der Waals surface area contributed by atoms with E-state index in [1.807, 2.05) is 6.07 Å². The van der Waals surface area contributed by atoms with Crippen molar-refractivity contribution in [1.82, 2.24) is 9.97 Å². The maximum absolute atomic E-state index is 5.93. The van der Waals surface area contributed by atoms with Crippen molar-refractivity contribution in [2.45, 2.75) is 31.7 Å². The van der Waals surface area contributed by atoms with Crippen molar-refractivity contribution in [3.05, 3.63) is 11.9 Å². The molecule has 2 rings (SSSR count). The quantitative estimate of drug-likeness (QED) is 0.776. The van der Waals surface area contributed by atoms with E-state index in [-0.39, 0.29) is 6.04 Å². The Kier molecular flexibility index (Phi) is 5.14. The third-order valence-corrected chi connectivity index (χ3v) is 3.46. The van der Waals surface area contributed by atoms with E-state index < -0.39 is 0 Å². The second-order valence-corrected chi connectivity index (χ2v) is 5.27. The highest BCUT2D eigenvalue weighted by Crippen LogP contribution is 2.39. The lowest BCUT2D eigenvalue weighted by molar-refractivity contribution is 0.170. The highest BCUT2D eigenvalue weighted by Gasteiger charge is 2.28. The molecule has 6 nitrogen and oxygen atoms in total. The lowest BCUT2D eigenvalue weighted by Gasteiger charge is -2.30. The number of anilines is 2. The van der Waals surface area contributed by atoms with Crippen molar-refractivity contribution in [2.75, 3.05) is 44.6 Å². The van der Waals surface area contributed by atoms with Crippen LogP contribution >= 0.6 is 0 Å². The summed E-state index contributed by atoms with van der Waals surface area (Å²) >= 11 is 0. The number of nitrogen functional groups attached to an aromatic ring is 1. The predicted octanol–water partition coefficient (Wildman–Crippen LogP) is 1.42. The van der Waals surface area contributed by atoms with Crippen molar-refractivity contribution >= 4 is 11.6 Å². The molecule has 1 aliphatic carbocycles. The van der Waals surface area contributed by atoms with E-state index in [0.717, 1.165) is 31.0 Å². The zero-order valence-electron chi connectivity index (χ0n) is 12.5. The molecule has 1 heterocycles. The molecule has 1 fully saturated rings. The fourth-order valence-electron chi connectivity index (χ4n) is 2.22. The Morgan fingerprint density at radius 1 is 1.35 bits per heavy atom. The first-order valence-corrected chi connectivity index (χ1v) is 7.04. The van der Waals surface area contributed by atoms with Crippen LogP contribution in [-0.4, -0.2) is 50.0 Å². The number of nitrogens with two attached hydrogens (primary N) is 1. The molecule has 6 heteroatoms. The Hall–Kier alpha value is -1.40. The third kappa shape index (κ3) is 3.80. The SMILES string of the molecule is COCCN(c1cc(N)nc(C2CC2)n1)C(C)COC. The van der Waals surface area contributed by atoms with Crippen molar-refractivity contribution in [2.24, 2.45) is 0 Å². The Bertz CT molecular complexity index is 437. The van der Waals surface area contributed by atoms with Crippen molar-refractivity contribution in [3.63, 3.8) is 0 Å². The minimum absolute atomic E-state index is 0.205. The summed E-state index contributed by atoms with van der Waals surface area (Å²) in [5.41, 5.74) is 5.93. The zero-order valence-corrected chi connectivity index (χ0v) is 12.5. The lowest BCUT2D eigenvalue weighted by atomic mass is 10.2. The molecule has 0 aliphatic heterocycles. The first-order chi connectivity index (χ1) is 9.65. The fraction of sp³-hybridized carbons (Fsp3) is 0.714. The topological polar surface area (TPSA) is 73.5 Å². The highest BCUT2D eigenvalue weighted by atomic mass is 16.5. The molecule has 1 aromatic rings. The summed E-state index contributed by atoms with van der Waals surface area (Å²) in [5, 5.41) is 0. The molecule has 0 aromatic carbocycles. The monoisotopic (exact) mass is 280 g/mol. The summed E-state index contributed by atoms with van der Waals surface area (Å²) in [7, 11) is 3.40. The van der Waals surface area contributed by atoms with Gasteiger partial charge in [0.2, 0.25) is 0 Å². The van der Waals surface area contributed by atoms with Gasteiger partial charge in [0, 0.05) is 32.7 Å². The molecule has 0 amide bonds. The Labute approximate surface area is 120 Å². The third-order valence-electron chi connectivity index (χ3n) is 3.46. The molecule has 0 bridgehead atoms. The van der Waals surface area contributed by atoms with Gasteiger partial charge < -0.3 is 20.1 Å². The van der Waals surface area contributed by atoms with E-state index in [4.69, 9.17) is 15.2 Å². The molecule has 1 aromatic heterocycles. The van der Waals surface area contributed by atoms with Gasteiger partial charge in [-0.3, -0.25) is 0 Å². The molecular weight excluding hydrogens is 256 g/mol. The number of nitrogens with zero attached hydrogens (tertiary/aromatic N) is 3. The molecule has 1 unspecified atom stereocenters. The van der Waals surface area contributed by atoms with Gasteiger partial charge in [-0.1, -0.05) is 0 Å². The fourth-order valence-corrected chi connectivity index (χ4v) is 2.22. The van der Waals surface area contributed by atoms with Crippen LogP contribution in [0, 0.1) is 0 Å². The number of methoxy groups -OCH3 is 2. The largest absolute Gasteiger partial charge is 0.384 e. The van der Waals surface area contributed by atoms with Gasteiger partial charge in [-0.15, -0.1) is 0 Å². The first kappa shape index (κ1) is 15.0. The summed E-state index contributed by atoms with van der Waals surface area (Å²) in [5.74, 6) is 2.75. The van der Waals surface area contributed by atoms with Gasteiger partial charge in [-0.25, -0.2) is 9.97 Å². The molecule has 0 saturated heterocycles. The first-order valence-electron chi connectivity index (χ1n) is 7.04. The second kappa shape index (κ2) is 6.85. The molecule has 1 aliphatic rings. The van der Waals surface area contributed by atoms with Crippen LogP contribution in [0.5, 0.6) is 0 Å². The summed E-state index contributed by atoms with van der Waals surface area (Å²) < 4.78 is 10.4. The van der Waals surface area contributed by atoms with Gasteiger partial charge in [0.1, 0.15) is 17.5 Å². The number of ether oxygens (including phenoxy) is 2. The van der Waals surface area contributed by atoms with E-state index in [1.54, 1.807) is 14.2 Å². The number of rotatable bonds is 8. The molecule has 112 valence electrons. The number of hydrogen-bond donors (Lipinski definition) is 1. The Morgan fingerprint density at radius 2 is 2.10 bits per heavy atom. The highest BCUT2D eigenvalue weighted by molar-refractivity contribution is 5.48. The van der Waals surface area contributed by atoms with E-state index in [1.165, 1.54) is 0 Å². The predicted molar refractivity (Wildman–Crippen MR) is 79.0 cm³/mol. The summed E-state index contributed by atoms with van der Waals surface area (Å²) in [6.07, 6.45) is 2.32. The van der Waals surface area contributed by atoms with Crippen molar-refractivity contribution < 1.29 is 9.47 Å². The molecule has 1 atom stereocenters. The van der Waals surface area contributed by atoms with Crippen LogP contribution in [0.2, 0.25) is 0 Å². The van der Waals surface area contributed by atoms with E-state index in [0.29, 0.717) is 24.9 Å². The summed E-state index contributed by atoms with van der Waals surface area (Å²) in [4.78, 5) is 11.2. The standard InChI is InChI=1S/C14H24N4O2/c1-10(9-20-3)18(6-7-19-2)13-8-12(15)16-14(17-13)11-4-5-11/h8,10-11H,4-7,9H2,1-3H3,(H2,15,16,17). The maximum Gasteiger partial charge on any atom is 0.136 e. The Balaban J connectivity index is 2.21. The smallest absolute Gasteiger partial charge is 0.136 e. The van der Waals surface area contributed by atoms with E-state index in [2.05, 4.69) is 21.8 Å². The van der Waals surface area contributed by atoms with Crippen LogP contribution in [0.15, 0.2) is 6.07 Å². The normalized spacial score (nSPS) is 16.1. The van der Waals surface area contributed by atoms with Gasteiger partial charge in [0.25, 0.3) is 0 Å². The lowest BCUT2D eigenvalue weighted by Crippen LogP contribution is -2.39. The molecule has 0 spiro atoms. The van der Waals surface area contributed by atoms with Crippen LogP contribution in [0.4, 0.5) is 11.6 Å². The average molecular weight is 280 g/mol. The molecule has 2 N–H and O–H groups in total. The summed E-state index contributed by atoms with van der Waals surface area (Å²) in [6.45, 7) is 4.12. The maximum atomic E-state index is 5.93. The van der Waals surface area contributed by atoms with Crippen LogP contribution in [0.3, 0.4) is 0 Å². The van der Waals surface area contributed by atoms with Crippen molar-refractivity contribution in [3.8, 4) is 0 Å². The molecule has 0 radical (unpaired) electrons. The van der Waals surface area contributed by atoms with Gasteiger partial charge in [-0.2, -0.15) is 0 Å². The van der Waals surface area contributed by atoms with E-state index >= 15 is 0 Å². The van der Waals surface area contributed by atoms with Crippen LogP contribution in [-0.2, 0) is 9.47 Å². The Morgan fingerprint density at radius 3 is 2.70 bits per heavy atom. The van der Waals surface area contributed by atoms with Gasteiger partial charge in [0.05, 0.1) is 19.3 Å². The zero-order chi connectivity index (χ0) is 14.5. The number of hydrogen-bond acceptors (Lipinski definition) is 6. The van der Waals surface area contributed by atoms with Crippen molar-refractivity contribution in [1.29, 1.82) is 0 Å². The van der Waals surface area contributed by atoms with Crippen LogP contribution in [0.1, 0.15) is 31.5 Å². The molecular formula is C14H24N4O2. The minimum Gasteiger partial charge on any atom is -0.384 e. The average Bonchev–Trinajstić information content (AvgIpc) is 3.23. The van der Waals surface area contributed by atoms with Gasteiger partial charge in [0.15, 0.2) is 0 Å². The molecule has 1 saturated carbocycles. The minimum atomic E-state index is 0.205. The number of aromatic nitrogens is 2. The molecule has 20 heavy (non-hydrogen) atoms. The van der Waals surface area contributed by atoms with Gasteiger partial charge >= 0.3 is 0 Å².